The Labute approximate surface area is 116 Å². The van der Waals surface area contributed by atoms with Gasteiger partial charge in [-0.2, -0.15) is 0 Å². The van der Waals surface area contributed by atoms with E-state index in [0.717, 1.165) is 30.7 Å². The number of rotatable bonds is 8. The number of nitrogens with one attached hydrogen (secondary N) is 1. The molecule has 108 valence electrons. The summed E-state index contributed by atoms with van der Waals surface area (Å²) < 4.78 is 10.8. The van der Waals surface area contributed by atoms with Crippen molar-refractivity contribution in [2.75, 3.05) is 20.8 Å². The highest BCUT2D eigenvalue weighted by molar-refractivity contribution is 5.26. The van der Waals surface area contributed by atoms with Crippen LogP contribution in [0.5, 0.6) is 5.75 Å². The van der Waals surface area contributed by atoms with E-state index in [1.54, 1.807) is 20.4 Å². The molecule has 0 bridgehead atoms. The monoisotopic (exact) mass is 266 g/mol. The Kier molecular flexibility index (Phi) is 6.25. The second-order valence-electron chi connectivity index (χ2n) is 5.33. The van der Waals surface area contributed by atoms with Gasteiger partial charge < -0.3 is 14.8 Å². The summed E-state index contributed by atoms with van der Waals surface area (Å²) in [7, 11) is 3.41. The van der Waals surface area contributed by atoms with E-state index in [1.165, 1.54) is 0 Å². The summed E-state index contributed by atoms with van der Waals surface area (Å²) in [4.78, 5) is 4.23. The number of methoxy groups -OCH3 is 2. The molecule has 19 heavy (non-hydrogen) atoms. The van der Waals surface area contributed by atoms with Gasteiger partial charge in [-0.3, -0.25) is 4.98 Å². The minimum absolute atomic E-state index is 0.172. The van der Waals surface area contributed by atoms with E-state index in [4.69, 9.17) is 9.47 Å². The molecule has 0 aromatic carbocycles. The molecule has 1 atom stereocenters. The van der Waals surface area contributed by atoms with Crippen LogP contribution in [-0.2, 0) is 4.74 Å². The van der Waals surface area contributed by atoms with E-state index in [9.17, 15) is 0 Å². The third-order valence-corrected chi connectivity index (χ3v) is 3.26. The topological polar surface area (TPSA) is 43.4 Å². The molecule has 0 aliphatic heterocycles. The second kappa shape index (κ2) is 7.46. The minimum Gasteiger partial charge on any atom is -0.495 e. The van der Waals surface area contributed by atoms with Gasteiger partial charge in [-0.05, 0) is 44.9 Å². The van der Waals surface area contributed by atoms with Crippen LogP contribution in [0.25, 0.3) is 0 Å². The lowest BCUT2D eigenvalue weighted by molar-refractivity contribution is 0.00680. The van der Waals surface area contributed by atoms with E-state index in [1.807, 2.05) is 12.3 Å². The van der Waals surface area contributed by atoms with Gasteiger partial charge in [0.15, 0.2) is 0 Å². The average Bonchev–Trinajstić information content (AvgIpc) is 2.43. The van der Waals surface area contributed by atoms with Gasteiger partial charge >= 0.3 is 0 Å². The van der Waals surface area contributed by atoms with Gasteiger partial charge in [-0.15, -0.1) is 0 Å². The molecule has 0 aliphatic rings. The van der Waals surface area contributed by atoms with Crippen molar-refractivity contribution in [3.63, 3.8) is 0 Å². The smallest absolute Gasteiger partial charge is 0.137 e. The first-order chi connectivity index (χ1) is 9.02. The largest absolute Gasteiger partial charge is 0.495 e. The molecule has 0 saturated carbocycles. The van der Waals surface area contributed by atoms with Crippen molar-refractivity contribution < 1.29 is 9.47 Å². The van der Waals surface area contributed by atoms with Crippen molar-refractivity contribution in [3.8, 4) is 5.75 Å². The number of hydrogen-bond donors (Lipinski definition) is 1. The highest BCUT2D eigenvalue weighted by Gasteiger charge is 2.24. The van der Waals surface area contributed by atoms with Gasteiger partial charge in [0.2, 0.25) is 0 Å². The van der Waals surface area contributed by atoms with Gasteiger partial charge in [0.05, 0.1) is 18.9 Å². The number of ether oxygens (including phenoxy) is 2. The Balaban J connectivity index is 2.88. The van der Waals surface area contributed by atoms with Crippen LogP contribution in [0.4, 0.5) is 0 Å². The van der Waals surface area contributed by atoms with Crippen LogP contribution in [0.15, 0.2) is 18.5 Å². The van der Waals surface area contributed by atoms with Gasteiger partial charge in [-0.25, -0.2) is 0 Å². The molecule has 4 heteroatoms. The Bertz CT molecular complexity index is 380. The quantitative estimate of drug-likeness (QED) is 0.785. The zero-order valence-corrected chi connectivity index (χ0v) is 12.7. The van der Waals surface area contributed by atoms with Gasteiger partial charge in [0, 0.05) is 19.3 Å². The molecule has 0 amide bonds. The number of hydrogen-bond acceptors (Lipinski definition) is 4. The van der Waals surface area contributed by atoms with E-state index in [2.05, 4.69) is 31.1 Å². The molecule has 0 fully saturated rings. The number of pyridine rings is 1. The highest BCUT2D eigenvalue weighted by Crippen LogP contribution is 2.27. The van der Waals surface area contributed by atoms with Crippen molar-refractivity contribution in [2.24, 2.45) is 0 Å². The van der Waals surface area contributed by atoms with Crippen molar-refractivity contribution in [1.82, 2.24) is 10.3 Å². The van der Waals surface area contributed by atoms with Gasteiger partial charge in [-0.1, -0.05) is 6.92 Å². The van der Waals surface area contributed by atoms with Crippen molar-refractivity contribution in [2.45, 2.75) is 45.3 Å². The third kappa shape index (κ3) is 5.17. The van der Waals surface area contributed by atoms with Crippen LogP contribution in [-0.4, -0.2) is 31.3 Å². The number of nitrogens with zero attached hydrogens (tertiary/aromatic N) is 1. The molecule has 1 N–H and O–H groups in total. The van der Waals surface area contributed by atoms with Crippen LogP contribution < -0.4 is 10.1 Å². The average molecular weight is 266 g/mol. The standard InChI is InChI=1S/C15H26N2O2/c1-6-7-17-14(9-15(2,3)19-5)12-8-13(18-4)11-16-10-12/h8,10-11,14,17H,6-7,9H2,1-5H3. The lowest BCUT2D eigenvalue weighted by Crippen LogP contribution is -2.32. The van der Waals surface area contributed by atoms with Gasteiger partial charge in [0.1, 0.15) is 5.75 Å². The van der Waals surface area contributed by atoms with Crippen LogP contribution in [0.1, 0.15) is 45.2 Å². The van der Waals surface area contributed by atoms with Crippen LogP contribution in [0.2, 0.25) is 0 Å². The summed E-state index contributed by atoms with van der Waals surface area (Å²) in [6.45, 7) is 7.33. The summed E-state index contributed by atoms with van der Waals surface area (Å²) in [5.74, 6) is 0.788. The molecule has 0 saturated heterocycles. The molecule has 1 heterocycles. The normalized spacial score (nSPS) is 13.3. The summed E-state index contributed by atoms with van der Waals surface area (Å²) in [6, 6.07) is 2.25. The maximum Gasteiger partial charge on any atom is 0.137 e. The number of aromatic nitrogens is 1. The molecular weight excluding hydrogens is 240 g/mol. The Morgan fingerprint density at radius 2 is 2.05 bits per heavy atom. The predicted molar refractivity (Wildman–Crippen MR) is 77.5 cm³/mol. The lowest BCUT2D eigenvalue weighted by atomic mass is 9.94. The predicted octanol–water partition coefficient (Wildman–Crippen LogP) is 2.95. The van der Waals surface area contributed by atoms with E-state index < -0.39 is 0 Å². The Morgan fingerprint density at radius 3 is 2.63 bits per heavy atom. The molecule has 0 radical (unpaired) electrons. The first-order valence-corrected chi connectivity index (χ1v) is 6.80. The SMILES string of the molecule is CCCNC(CC(C)(C)OC)c1cncc(OC)c1. The maximum atomic E-state index is 5.53. The van der Waals surface area contributed by atoms with Crippen LogP contribution >= 0.6 is 0 Å². The van der Waals surface area contributed by atoms with Crippen molar-refractivity contribution >= 4 is 0 Å². The van der Waals surface area contributed by atoms with Crippen LogP contribution in [0, 0.1) is 0 Å². The zero-order chi connectivity index (χ0) is 14.3. The molecule has 1 aromatic rings. The second-order valence-corrected chi connectivity index (χ2v) is 5.33. The maximum absolute atomic E-state index is 5.53. The van der Waals surface area contributed by atoms with E-state index in [0.29, 0.717) is 0 Å². The molecule has 1 aromatic heterocycles. The molecule has 0 spiro atoms. The summed E-state index contributed by atoms with van der Waals surface area (Å²) >= 11 is 0. The fraction of sp³-hybridized carbons (Fsp3) is 0.667. The first kappa shape index (κ1) is 15.9. The fourth-order valence-corrected chi connectivity index (χ4v) is 1.94. The lowest BCUT2D eigenvalue weighted by Gasteiger charge is -2.29. The Morgan fingerprint density at radius 1 is 1.32 bits per heavy atom. The van der Waals surface area contributed by atoms with Crippen LogP contribution in [0.3, 0.4) is 0 Å². The van der Waals surface area contributed by atoms with E-state index in [-0.39, 0.29) is 11.6 Å². The summed E-state index contributed by atoms with van der Waals surface area (Å²) in [5, 5.41) is 3.55. The highest BCUT2D eigenvalue weighted by atomic mass is 16.5. The minimum atomic E-state index is -0.172. The van der Waals surface area contributed by atoms with Gasteiger partial charge in [0.25, 0.3) is 0 Å². The zero-order valence-electron chi connectivity index (χ0n) is 12.7. The molecule has 1 rings (SSSR count). The summed E-state index contributed by atoms with van der Waals surface area (Å²) in [6.07, 6.45) is 5.60. The van der Waals surface area contributed by atoms with Crippen molar-refractivity contribution in [1.29, 1.82) is 0 Å². The van der Waals surface area contributed by atoms with E-state index >= 15 is 0 Å². The molecule has 4 nitrogen and oxygen atoms in total. The van der Waals surface area contributed by atoms with Crippen molar-refractivity contribution in [3.05, 3.63) is 24.0 Å². The Hall–Kier alpha value is -1.13. The fourth-order valence-electron chi connectivity index (χ4n) is 1.94. The molecule has 0 aliphatic carbocycles. The first-order valence-electron chi connectivity index (χ1n) is 6.80. The molecular formula is C15H26N2O2. The molecule has 1 unspecified atom stereocenters. The third-order valence-electron chi connectivity index (χ3n) is 3.26. The summed E-state index contributed by atoms with van der Waals surface area (Å²) in [5.41, 5.74) is 0.965.